The van der Waals surface area contributed by atoms with E-state index in [1.165, 1.54) is 4.88 Å². The summed E-state index contributed by atoms with van der Waals surface area (Å²) in [4.78, 5) is 19.9. The Bertz CT molecular complexity index is 633. The summed E-state index contributed by atoms with van der Waals surface area (Å²) < 4.78 is 5.42. The third kappa shape index (κ3) is 4.19. The number of ether oxygens (including phenoxy) is 1. The van der Waals surface area contributed by atoms with Crippen molar-refractivity contribution in [3.05, 3.63) is 40.9 Å². The molecule has 0 radical (unpaired) electrons. The van der Waals surface area contributed by atoms with Crippen LogP contribution < -0.4 is 10.1 Å². The molecule has 0 atom stereocenters. The van der Waals surface area contributed by atoms with Crippen molar-refractivity contribution in [3.63, 3.8) is 0 Å². The fourth-order valence-electron chi connectivity index (χ4n) is 2.20. The second-order valence-corrected chi connectivity index (χ2v) is 6.11. The monoisotopic (exact) mass is 339 g/mol. The van der Waals surface area contributed by atoms with Crippen molar-refractivity contribution in [2.24, 2.45) is 0 Å². The Balaban J connectivity index is 0.00000176. The van der Waals surface area contributed by atoms with Crippen LogP contribution in [0.15, 0.2) is 30.3 Å². The molecule has 0 fully saturated rings. The van der Waals surface area contributed by atoms with Crippen LogP contribution in [0.2, 0.25) is 0 Å². The average Bonchev–Trinajstić information content (AvgIpc) is 2.87. The Morgan fingerprint density at radius 2 is 2.18 bits per heavy atom. The molecule has 1 aliphatic rings. The standard InChI is InChI=1S/C15H17N3O2S.ClH/c1-18-8-7-12-13(9-18)21-15(16-12)17-14(19)10-20-11-5-3-2-4-6-11;/h2-6H,7-10H2,1H3,(H,16,17,19);1H. The highest BCUT2D eigenvalue weighted by Gasteiger charge is 2.19. The number of anilines is 1. The predicted octanol–water partition coefficient (Wildman–Crippen LogP) is 2.57. The van der Waals surface area contributed by atoms with Gasteiger partial charge in [0.1, 0.15) is 5.75 Å². The number of hydrogen-bond acceptors (Lipinski definition) is 5. The normalized spacial score (nSPS) is 13.9. The van der Waals surface area contributed by atoms with E-state index >= 15 is 0 Å². The summed E-state index contributed by atoms with van der Waals surface area (Å²) in [5, 5.41) is 3.47. The van der Waals surface area contributed by atoms with Gasteiger partial charge in [0.05, 0.1) is 5.69 Å². The summed E-state index contributed by atoms with van der Waals surface area (Å²) in [7, 11) is 2.09. The van der Waals surface area contributed by atoms with Crippen LogP contribution in [0.1, 0.15) is 10.6 Å². The van der Waals surface area contributed by atoms with Gasteiger partial charge in [0.25, 0.3) is 5.91 Å². The maximum atomic E-state index is 11.9. The van der Waals surface area contributed by atoms with Crippen LogP contribution in [0.5, 0.6) is 5.75 Å². The van der Waals surface area contributed by atoms with Gasteiger partial charge in [-0.25, -0.2) is 4.98 Å². The zero-order valence-electron chi connectivity index (χ0n) is 12.2. The molecule has 1 N–H and O–H groups in total. The zero-order chi connectivity index (χ0) is 14.7. The number of thiazole rings is 1. The fourth-order valence-corrected chi connectivity index (χ4v) is 3.30. The first-order valence-electron chi connectivity index (χ1n) is 6.85. The molecular weight excluding hydrogens is 322 g/mol. The van der Waals surface area contributed by atoms with Crippen LogP contribution in [-0.4, -0.2) is 36.0 Å². The van der Waals surface area contributed by atoms with Gasteiger partial charge in [0, 0.05) is 24.4 Å². The molecule has 0 aliphatic carbocycles. The van der Waals surface area contributed by atoms with Crippen molar-refractivity contribution >= 4 is 34.8 Å². The molecule has 2 heterocycles. The molecule has 0 spiro atoms. The van der Waals surface area contributed by atoms with Gasteiger partial charge in [0.15, 0.2) is 11.7 Å². The quantitative estimate of drug-likeness (QED) is 0.930. The van der Waals surface area contributed by atoms with Gasteiger partial charge in [-0.2, -0.15) is 0 Å². The first-order valence-corrected chi connectivity index (χ1v) is 7.67. The van der Waals surface area contributed by atoms with Crippen molar-refractivity contribution < 1.29 is 9.53 Å². The number of aromatic nitrogens is 1. The minimum Gasteiger partial charge on any atom is -0.484 e. The van der Waals surface area contributed by atoms with E-state index in [1.54, 1.807) is 11.3 Å². The summed E-state index contributed by atoms with van der Waals surface area (Å²) in [6.07, 6.45) is 0.943. The highest BCUT2D eigenvalue weighted by Crippen LogP contribution is 2.27. The number of nitrogens with zero attached hydrogens (tertiary/aromatic N) is 2. The van der Waals surface area contributed by atoms with Crippen LogP contribution >= 0.6 is 23.7 Å². The van der Waals surface area contributed by atoms with Crippen molar-refractivity contribution in [3.8, 4) is 5.75 Å². The molecule has 7 heteroatoms. The number of fused-ring (bicyclic) bond motifs is 1. The Labute approximate surface area is 139 Å². The molecule has 22 heavy (non-hydrogen) atoms. The molecule has 3 rings (SSSR count). The maximum Gasteiger partial charge on any atom is 0.264 e. The van der Waals surface area contributed by atoms with Crippen molar-refractivity contribution in [2.45, 2.75) is 13.0 Å². The maximum absolute atomic E-state index is 11.9. The fraction of sp³-hybridized carbons (Fsp3) is 0.333. The van der Waals surface area contributed by atoms with E-state index in [9.17, 15) is 4.79 Å². The second-order valence-electron chi connectivity index (χ2n) is 5.03. The van der Waals surface area contributed by atoms with E-state index in [0.717, 1.165) is 25.2 Å². The topological polar surface area (TPSA) is 54.5 Å². The molecule has 0 bridgehead atoms. The van der Waals surface area contributed by atoms with Crippen molar-refractivity contribution in [1.82, 2.24) is 9.88 Å². The molecule has 1 aromatic carbocycles. The molecule has 0 unspecified atom stereocenters. The van der Waals surface area contributed by atoms with E-state index in [-0.39, 0.29) is 24.9 Å². The van der Waals surface area contributed by atoms with Crippen LogP contribution in [0.4, 0.5) is 5.13 Å². The highest BCUT2D eigenvalue weighted by atomic mass is 35.5. The molecule has 2 aromatic rings. The smallest absolute Gasteiger partial charge is 0.264 e. The van der Waals surface area contributed by atoms with Gasteiger partial charge in [-0.3, -0.25) is 10.1 Å². The van der Waals surface area contributed by atoms with E-state index in [2.05, 4.69) is 22.2 Å². The van der Waals surface area contributed by atoms with E-state index in [0.29, 0.717) is 10.9 Å². The third-order valence-electron chi connectivity index (χ3n) is 3.28. The number of hydrogen-bond donors (Lipinski definition) is 1. The lowest BCUT2D eigenvalue weighted by atomic mass is 10.2. The number of halogens is 1. The Hall–Kier alpha value is -1.63. The lowest BCUT2D eigenvalue weighted by Crippen LogP contribution is -2.25. The molecule has 1 aromatic heterocycles. The lowest BCUT2D eigenvalue weighted by Gasteiger charge is -2.20. The van der Waals surface area contributed by atoms with E-state index < -0.39 is 0 Å². The van der Waals surface area contributed by atoms with Crippen LogP contribution in [0.3, 0.4) is 0 Å². The van der Waals surface area contributed by atoms with Crippen molar-refractivity contribution in [2.75, 3.05) is 25.5 Å². The van der Waals surface area contributed by atoms with Gasteiger partial charge >= 0.3 is 0 Å². The van der Waals surface area contributed by atoms with Gasteiger partial charge in [0.2, 0.25) is 0 Å². The minimum absolute atomic E-state index is 0. The number of nitrogens with one attached hydrogen (secondary N) is 1. The van der Waals surface area contributed by atoms with Crippen LogP contribution in [0.25, 0.3) is 0 Å². The molecule has 5 nitrogen and oxygen atoms in total. The van der Waals surface area contributed by atoms with Gasteiger partial charge in [-0.1, -0.05) is 18.2 Å². The summed E-state index contributed by atoms with van der Waals surface area (Å²) in [6, 6.07) is 9.30. The number of carbonyl (C=O) groups excluding carboxylic acids is 1. The molecule has 118 valence electrons. The molecule has 1 amide bonds. The molecule has 1 aliphatic heterocycles. The van der Waals surface area contributed by atoms with Crippen LogP contribution in [0, 0.1) is 0 Å². The number of benzene rings is 1. The summed E-state index contributed by atoms with van der Waals surface area (Å²) in [5.41, 5.74) is 1.11. The lowest BCUT2D eigenvalue weighted by molar-refractivity contribution is -0.118. The molecule has 0 saturated carbocycles. The molecular formula is C15H18ClN3O2S. The number of carbonyl (C=O) groups is 1. The first kappa shape index (κ1) is 16.7. The third-order valence-corrected chi connectivity index (χ3v) is 4.28. The summed E-state index contributed by atoms with van der Waals surface area (Å²) in [5.74, 6) is 0.506. The highest BCUT2D eigenvalue weighted by molar-refractivity contribution is 7.15. The van der Waals surface area contributed by atoms with Gasteiger partial charge in [-0.05, 0) is 19.2 Å². The largest absolute Gasteiger partial charge is 0.484 e. The Kier molecular flexibility index (Phi) is 5.76. The van der Waals surface area contributed by atoms with Gasteiger partial charge < -0.3 is 9.64 Å². The number of amides is 1. The van der Waals surface area contributed by atoms with Gasteiger partial charge in [-0.15, -0.1) is 23.7 Å². The van der Waals surface area contributed by atoms with E-state index in [4.69, 9.17) is 4.74 Å². The summed E-state index contributed by atoms with van der Waals surface area (Å²) in [6.45, 7) is 1.92. The summed E-state index contributed by atoms with van der Waals surface area (Å²) >= 11 is 1.55. The number of likely N-dealkylation sites (N-methyl/N-ethyl adjacent to an activating group) is 1. The van der Waals surface area contributed by atoms with Crippen molar-refractivity contribution in [1.29, 1.82) is 0 Å². The second kappa shape index (κ2) is 7.58. The molecule has 0 saturated heterocycles. The predicted molar refractivity (Wildman–Crippen MR) is 90.0 cm³/mol. The SMILES string of the molecule is CN1CCc2nc(NC(=O)COc3ccccc3)sc2C1.Cl. The minimum atomic E-state index is -0.182. The first-order chi connectivity index (χ1) is 10.2. The number of rotatable bonds is 4. The zero-order valence-corrected chi connectivity index (χ0v) is 13.9. The van der Waals surface area contributed by atoms with E-state index in [1.807, 2.05) is 30.3 Å². The Morgan fingerprint density at radius 1 is 1.41 bits per heavy atom. The average molecular weight is 340 g/mol. The number of para-hydroxylation sites is 1. The Morgan fingerprint density at radius 3 is 2.95 bits per heavy atom. The van der Waals surface area contributed by atoms with Crippen LogP contribution in [-0.2, 0) is 17.8 Å².